The molecule has 0 unspecified atom stereocenters. The number of hydrogen-bond donors (Lipinski definition) is 2. The fourth-order valence-electron chi connectivity index (χ4n) is 2.25. The first-order chi connectivity index (χ1) is 12.1. The van der Waals surface area contributed by atoms with Crippen molar-refractivity contribution in [2.24, 2.45) is 4.99 Å². The van der Waals surface area contributed by atoms with Crippen LogP contribution in [0.1, 0.15) is 5.56 Å². The number of methoxy groups -OCH3 is 2. The lowest BCUT2D eigenvalue weighted by molar-refractivity contribution is -0.115. The van der Waals surface area contributed by atoms with Crippen LogP contribution in [-0.2, 0) is 4.79 Å². The van der Waals surface area contributed by atoms with E-state index in [1.54, 1.807) is 18.2 Å². The van der Waals surface area contributed by atoms with Gasteiger partial charge in [-0.05, 0) is 47.7 Å². The molecule has 1 saturated heterocycles. The molecule has 128 valence electrons. The van der Waals surface area contributed by atoms with E-state index >= 15 is 0 Å². The van der Waals surface area contributed by atoms with Gasteiger partial charge in [0, 0.05) is 0 Å². The van der Waals surface area contributed by atoms with Crippen molar-refractivity contribution in [3.8, 4) is 17.2 Å². The topological polar surface area (TPSA) is 80.2 Å². The molecule has 0 bridgehead atoms. The van der Waals surface area contributed by atoms with Crippen LogP contribution in [0.2, 0.25) is 0 Å². The van der Waals surface area contributed by atoms with Gasteiger partial charge in [0.1, 0.15) is 0 Å². The molecule has 2 N–H and O–H groups in total. The first-order valence-electron chi connectivity index (χ1n) is 7.40. The van der Waals surface area contributed by atoms with Crippen molar-refractivity contribution >= 4 is 34.6 Å². The number of nitrogens with one attached hydrogen (secondary N) is 1. The van der Waals surface area contributed by atoms with E-state index in [1.165, 1.54) is 26.0 Å². The summed E-state index contributed by atoms with van der Waals surface area (Å²) in [5, 5.41) is 13.2. The predicted octanol–water partition coefficient (Wildman–Crippen LogP) is 3.30. The summed E-state index contributed by atoms with van der Waals surface area (Å²) in [6, 6.07) is 12.6. The maximum absolute atomic E-state index is 12.2. The minimum atomic E-state index is -0.231. The van der Waals surface area contributed by atoms with Crippen molar-refractivity contribution in [1.29, 1.82) is 0 Å². The van der Waals surface area contributed by atoms with Crippen LogP contribution in [0.25, 0.3) is 6.08 Å². The van der Waals surface area contributed by atoms with Gasteiger partial charge in [-0.1, -0.05) is 18.2 Å². The Bertz CT molecular complexity index is 838. The Morgan fingerprint density at radius 1 is 1.12 bits per heavy atom. The van der Waals surface area contributed by atoms with Crippen LogP contribution >= 0.6 is 11.8 Å². The van der Waals surface area contributed by atoms with E-state index in [0.29, 0.717) is 15.6 Å². The lowest BCUT2D eigenvalue weighted by atomic mass is 10.1. The number of benzene rings is 2. The fourth-order valence-corrected chi connectivity index (χ4v) is 3.09. The number of rotatable bonds is 4. The minimum absolute atomic E-state index is 0.0815. The first kappa shape index (κ1) is 16.9. The largest absolute Gasteiger partial charge is 0.502 e. The molecule has 1 aliphatic heterocycles. The quantitative estimate of drug-likeness (QED) is 0.822. The number of aliphatic imine (C=N–C) groups is 1. The maximum atomic E-state index is 12.2. The molecule has 0 radical (unpaired) electrons. The molecule has 1 fully saturated rings. The van der Waals surface area contributed by atoms with Crippen molar-refractivity contribution in [1.82, 2.24) is 5.32 Å². The van der Waals surface area contributed by atoms with Gasteiger partial charge in [0.05, 0.1) is 24.8 Å². The highest BCUT2D eigenvalue weighted by Gasteiger charge is 2.24. The lowest BCUT2D eigenvalue weighted by Crippen LogP contribution is -2.19. The highest BCUT2D eigenvalue weighted by Crippen LogP contribution is 2.38. The Kier molecular flexibility index (Phi) is 4.95. The molecule has 2 aromatic rings. The summed E-state index contributed by atoms with van der Waals surface area (Å²) in [6.45, 7) is 0. The Balaban J connectivity index is 1.89. The van der Waals surface area contributed by atoms with Gasteiger partial charge in [0.25, 0.3) is 5.91 Å². The summed E-state index contributed by atoms with van der Waals surface area (Å²) in [6.07, 6.45) is 1.69. The van der Waals surface area contributed by atoms with Crippen molar-refractivity contribution in [2.75, 3.05) is 14.2 Å². The van der Waals surface area contributed by atoms with Crippen LogP contribution in [0.15, 0.2) is 52.4 Å². The van der Waals surface area contributed by atoms with E-state index < -0.39 is 0 Å². The average molecular weight is 356 g/mol. The van der Waals surface area contributed by atoms with Gasteiger partial charge in [-0.2, -0.15) is 0 Å². The van der Waals surface area contributed by atoms with E-state index in [-0.39, 0.29) is 23.2 Å². The van der Waals surface area contributed by atoms with Gasteiger partial charge in [-0.3, -0.25) is 4.79 Å². The Hall–Kier alpha value is -2.93. The summed E-state index contributed by atoms with van der Waals surface area (Å²) >= 11 is 1.25. The Morgan fingerprint density at radius 2 is 1.76 bits per heavy atom. The van der Waals surface area contributed by atoms with Gasteiger partial charge in [0.2, 0.25) is 5.75 Å². The van der Waals surface area contributed by atoms with Gasteiger partial charge < -0.3 is 19.9 Å². The molecule has 0 aromatic heterocycles. The average Bonchev–Trinajstić information content (AvgIpc) is 2.96. The number of carbonyl (C=O) groups excluding carboxylic acids is 1. The SMILES string of the molecule is COc1cc(C=C2SC(=Nc3ccccc3)NC2=O)cc(OC)c1O. The maximum Gasteiger partial charge on any atom is 0.264 e. The minimum Gasteiger partial charge on any atom is -0.502 e. The zero-order valence-electron chi connectivity index (χ0n) is 13.6. The van der Waals surface area contributed by atoms with Crippen molar-refractivity contribution in [3.05, 3.63) is 52.9 Å². The number of carbonyl (C=O) groups is 1. The third kappa shape index (κ3) is 3.77. The second-order valence-corrected chi connectivity index (χ2v) is 6.12. The molecular weight excluding hydrogens is 340 g/mol. The normalized spacial score (nSPS) is 17.0. The van der Waals surface area contributed by atoms with E-state index in [9.17, 15) is 9.90 Å². The molecule has 0 atom stereocenters. The zero-order valence-corrected chi connectivity index (χ0v) is 14.5. The number of ether oxygens (including phenoxy) is 2. The standard InChI is InChI=1S/C18H16N2O4S/c1-23-13-8-11(9-14(24-2)16(13)21)10-15-17(22)20-18(25-15)19-12-6-4-3-5-7-12/h3-10,21H,1-2H3,(H,19,20,22). The Labute approximate surface area is 149 Å². The summed E-state index contributed by atoms with van der Waals surface area (Å²) in [5.74, 6) is 0.230. The summed E-state index contributed by atoms with van der Waals surface area (Å²) in [5.41, 5.74) is 1.43. The monoisotopic (exact) mass is 356 g/mol. The number of para-hydroxylation sites is 1. The lowest BCUT2D eigenvalue weighted by Gasteiger charge is -2.09. The molecule has 1 aliphatic rings. The molecule has 0 saturated carbocycles. The number of amides is 1. The first-order valence-corrected chi connectivity index (χ1v) is 8.22. The molecule has 0 spiro atoms. The number of thioether (sulfide) groups is 1. The number of hydrogen-bond acceptors (Lipinski definition) is 6. The number of nitrogens with zero attached hydrogens (tertiary/aromatic N) is 1. The van der Waals surface area contributed by atoms with Crippen LogP contribution < -0.4 is 14.8 Å². The van der Waals surface area contributed by atoms with Crippen molar-refractivity contribution in [3.63, 3.8) is 0 Å². The molecule has 25 heavy (non-hydrogen) atoms. The number of aromatic hydroxyl groups is 1. The van der Waals surface area contributed by atoms with Crippen LogP contribution in [-0.4, -0.2) is 30.4 Å². The fraction of sp³-hybridized carbons (Fsp3) is 0.111. The predicted molar refractivity (Wildman–Crippen MR) is 98.5 cm³/mol. The van der Waals surface area contributed by atoms with Gasteiger partial charge in [0.15, 0.2) is 16.7 Å². The summed E-state index contributed by atoms with van der Waals surface area (Å²) < 4.78 is 10.3. The highest BCUT2D eigenvalue weighted by atomic mass is 32.2. The summed E-state index contributed by atoms with van der Waals surface area (Å²) in [4.78, 5) is 17.1. The second-order valence-electron chi connectivity index (χ2n) is 5.09. The third-order valence-electron chi connectivity index (χ3n) is 3.44. The molecule has 1 heterocycles. The van der Waals surface area contributed by atoms with E-state index in [2.05, 4.69) is 10.3 Å². The Morgan fingerprint density at radius 3 is 2.36 bits per heavy atom. The van der Waals surface area contributed by atoms with E-state index in [0.717, 1.165) is 5.69 Å². The van der Waals surface area contributed by atoms with Crippen molar-refractivity contribution < 1.29 is 19.4 Å². The van der Waals surface area contributed by atoms with Crippen LogP contribution in [0.3, 0.4) is 0 Å². The third-order valence-corrected chi connectivity index (χ3v) is 4.35. The molecule has 2 aromatic carbocycles. The van der Waals surface area contributed by atoms with Crippen LogP contribution in [0.5, 0.6) is 17.2 Å². The molecule has 3 rings (SSSR count). The van der Waals surface area contributed by atoms with Crippen LogP contribution in [0.4, 0.5) is 5.69 Å². The number of amidine groups is 1. The highest BCUT2D eigenvalue weighted by molar-refractivity contribution is 8.18. The van der Waals surface area contributed by atoms with E-state index in [4.69, 9.17) is 9.47 Å². The molecule has 1 amide bonds. The van der Waals surface area contributed by atoms with Crippen molar-refractivity contribution in [2.45, 2.75) is 0 Å². The molecular formula is C18H16N2O4S. The molecule has 6 nitrogen and oxygen atoms in total. The van der Waals surface area contributed by atoms with Gasteiger partial charge >= 0.3 is 0 Å². The zero-order chi connectivity index (χ0) is 17.8. The van der Waals surface area contributed by atoms with Gasteiger partial charge in [-0.15, -0.1) is 0 Å². The second kappa shape index (κ2) is 7.31. The molecule has 7 heteroatoms. The number of phenols is 1. The van der Waals surface area contributed by atoms with E-state index in [1.807, 2.05) is 30.3 Å². The number of phenolic OH excluding ortho intramolecular Hbond substituents is 1. The van der Waals surface area contributed by atoms with Crippen LogP contribution in [0, 0.1) is 0 Å². The smallest absolute Gasteiger partial charge is 0.264 e. The van der Waals surface area contributed by atoms with Gasteiger partial charge in [-0.25, -0.2) is 4.99 Å². The summed E-state index contributed by atoms with van der Waals surface area (Å²) in [7, 11) is 2.90. The molecule has 0 aliphatic carbocycles.